The molecule has 1 N–H and O–H groups in total. The first-order valence-electron chi connectivity index (χ1n) is 6.17. The number of hydrogen-bond donors (Lipinski definition) is 1. The van der Waals surface area contributed by atoms with Crippen LogP contribution in [-0.2, 0) is 16.2 Å². The molecule has 2 rings (SSSR count). The molecule has 4 nitrogen and oxygen atoms in total. The lowest BCUT2D eigenvalue weighted by Crippen LogP contribution is -2.18. The molecule has 0 saturated carbocycles. The smallest absolute Gasteiger partial charge is 0.200 e. The average Bonchev–Trinajstić information content (AvgIpc) is 2.47. The predicted octanol–water partition coefficient (Wildman–Crippen LogP) is 3.67. The molecular weight excluding hydrogens is 353 g/mol. The molecule has 9 heteroatoms. The Balaban J connectivity index is 2.21. The van der Waals surface area contributed by atoms with Crippen molar-refractivity contribution in [3.63, 3.8) is 0 Å². The minimum absolute atomic E-state index is 0.108. The maximum Gasteiger partial charge on any atom is 0.417 e. The van der Waals surface area contributed by atoms with Crippen LogP contribution in [0.4, 0.5) is 13.2 Å². The molecule has 0 aliphatic heterocycles. The van der Waals surface area contributed by atoms with Crippen LogP contribution in [0.15, 0.2) is 58.5 Å². The molecule has 0 unspecified atom stereocenters. The summed E-state index contributed by atoms with van der Waals surface area (Å²) in [4.78, 5) is 1.74. The van der Waals surface area contributed by atoms with Crippen LogP contribution in [-0.4, -0.2) is 14.6 Å². The molecule has 0 atom stereocenters. The lowest BCUT2D eigenvalue weighted by atomic mass is 10.1. The Morgan fingerprint density at radius 1 is 1.04 bits per heavy atom. The third-order valence-corrected chi connectivity index (χ3v) is 4.26. The van der Waals surface area contributed by atoms with Crippen LogP contribution < -0.4 is 4.83 Å². The maximum atomic E-state index is 12.8. The van der Waals surface area contributed by atoms with Gasteiger partial charge >= 0.3 is 6.18 Å². The summed E-state index contributed by atoms with van der Waals surface area (Å²) in [6, 6.07) is 9.95. The molecular formula is C14H10ClF3N2O2S. The van der Waals surface area contributed by atoms with Crippen LogP contribution in [0.5, 0.6) is 0 Å². The number of alkyl halides is 3. The van der Waals surface area contributed by atoms with E-state index in [1.54, 1.807) is 0 Å². The number of nitrogens with zero attached hydrogens (tertiary/aromatic N) is 1. The lowest BCUT2D eigenvalue weighted by Gasteiger charge is -2.09. The molecule has 0 aromatic heterocycles. The Bertz CT molecular complexity index is 819. The standard InChI is InChI=1S/C14H10ClF3N2O2S/c15-11-5-7-12(8-6-11)23(21,22)20-19-9-10-3-1-2-4-13(10)14(16,17)18/h1-9,20H. The fourth-order valence-electron chi connectivity index (χ4n) is 1.70. The van der Waals surface area contributed by atoms with Gasteiger partial charge in [0.25, 0.3) is 10.0 Å². The van der Waals surface area contributed by atoms with Crippen LogP contribution in [0, 0.1) is 0 Å². The summed E-state index contributed by atoms with van der Waals surface area (Å²) in [5, 5.41) is 3.74. The second-order valence-corrected chi connectivity index (χ2v) is 6.49. The van der Waals surface area contributed by atoms with E-state index < -0.39 is 21.8 Å². The highest BCUT2D eigenvalue weighted by Crippen LogP contribution is 2.31. The Hall–Kier alpha value is -2.06. The van der Waals surface area contributed by atoms with E-state index in [1.807, 2.05) is 4.83 Å². The molecule has 0 aliphatic rings. The van der Waals surface area contributed by atoms with E-state index in [9.17, 15) is 21.6 Å². The van der Waals surface area contributed by atoms with Crippen molar-refractivity contribution in [3.05, 3.63) is 64.7 Å². The second kappa shape index (κ2) is 6.59. The molecule has 0 spiro atoms. The number of nitrogens with one attached hydrogen (secondary N) is 1. The van der Waals surface area contributed by atoms with Crippen LogP contribution in [0.2, 0.25) is 5.02 Å². The van der Waals surface area contributed by atoms with Crippen molar-refractivity contribution in [2.45, 2.75) is 11.1 Å². The Kier molecular flexibility index (Phi) is 4.96. The SMILES string of the molecule is O=S(=O)(NN=Cc1ccccc1C(F)(F)F)c1ccc(Cl)cc1. The fraction of sp³-hybridized carbons (Fsp3) is 0.0714. The summed E-state index contributed by atoms with van der Waals surface area (Å²) in [5.41, 5.74) is -1.16. The van der Waals surface area contributed by atoms with Gasteiger partial charge < -0.3 is 0 Å². The van der Waals surface area contributed by atoms with Crippen LogP contribution in [0.1, 0.15) is 11.1 Å². The molecule has 0 bridgehead atoms. The van der Waals surface area contributed by atoms with Crippen molar-refractivity contribution in [1.29, 1.82) is 0 Å². The van der Waals surface area contributed by atoms with Crippen LogP contribution >= 0.6 is 11.6 Å². The van der Waals surface area contributed by atoms with Crippen LogP contribution in [0.25, 0.3) is 0 Å². The van der Waals surface area contributed by atoms with Gasteiger partial charge in [-0.3, -0.25) is 0 Å². The van der Waals surface area contributed by atoms with Crippen molar-refractivity contribution in [1.82, 2.24) is 4.83 Å². The van der Waals surface area contributed by atoms with E-state index in [4.69, 9.17) is 11.6 Å². The normalized spacial score (nSPS) is 12.5. The van der Waals surface area contributed by atoms with E-state index in [0.29, 0.717) is 5.02 Å². The van der Waals surface area contributed by atoms with Gasteiger partial charge in [-0.05, 0) is 30.3 Å². The topological polar surface area (TPSA) is 58.5 Å². The van der Waals surface area contributed by atoms with Gasteiger partial charge in [0.05, 0.1) is 16.7 Å². The number of hydrogen-bond acceptors (Lipinski definition) is 3. The van der Waals surface area contributed by atoms with Gasteiger partial charge in [-0.1, -0.05) is 29.8 Å². The van der Waals surface area contributed by atoms with Gasteiger partial charge in [-0.25, -0.2) is 4.83 Å². The van der Waals surface area contributed by atoms with Gasteiger partial charge in [0.1, 0.15) is 0 Å². The third-order valence-electron chi connectivity index (χ3n) is 2.77. The molecule has 0 amide bonds. The Morgan fingerprint density at radius 3 is 2.26 bits per heavy atom. The summed E-state index contributed by atoms with van der Waals surface area (Å²) >= 11 is 5.65. The van der Waals surface area contributed by atoms with Crippen molar-refractivity contribution in [2.24, 2.45) is 5.10 Å². The number of halogens is 4. The number of benzene rings is 2. The summed E-state index contributed by atoms with van der Waals surface area (Å²) in [6.07, 6.45) is -3.76. The summed E-state index contributed by atoms with van der Waals surface area (Å²) in [7, 11) is -3.98. The number of sulfonamides is 1. The molecule has 0 heterocycles. The maximum absolute atomic E-state index is 12.8. The quantitative estimate of drug-likeness (QED) is 0.666. The van der Waals surface area contributed by atoms with Crippen molar-refractivity contribution >= 4 is 27.8 Å². The third kappa shape index (κ3) is 4.46. The zero-order valence-electron chi connectivity index (χ0n) is 11.4. The fourth-order valence-corrected chi connectivity index (χ4v) is 2.62. The lowest BCUT2D eigenvalue weighted by molar-refractivity contribution is -0.137. The highest BCUT2D eigenvalue weighted by atomic mass is 35.5. The molecule has 2 aromatic carbocycles. The summed E-state index contributed by atoms with van der Waals surface area (Å²) in [6.45, 7) is 0. The van der Waals surface area contributed by atoms with E-state index in [2.05, 4.69) is 5.10 Å². The minimum atomic E-state index is -4.56. The van der Waals surface area contributed by atoms with E-state index in [1.165, 1.54) is 42.5 Å². The summed E-state index contributed by atoms with van der Waals surface area (Å²) < 4.78 is 62.2. The number of rotatable bonds is 4. The first-order chi connectivity index (χ1) is 10.7. The molecule has 0 radical (unpaired) electrons. The van der Waals surface area contributed by atoms with Crippen molar-refractivity contribution < 1.29 is 21.6 Å². The molecule has 122 valence electrons. The van der Waals surface area contributed by atoms with Gasteiger partial charge in [-0.15, -0.1) is 0 Å². The zero-order valence-corrected chi connectivity index (χ0v) is 13.0. The molecule has 0 fully saturated rings. The van der Waals surface area contributed by atoms with Gasteiger partial charge in [0, 0.05) is 10.6 Å². The first kappa shape index (κ1) is 17.3. The average molecular weight is 363 g/mol. The highest BCUT2D eigenvalue weighted by Gasteiger charge is 2.32. The molecule has 23 heavy (non-hydrogen) atoms. The predicted molar refractivity (Wildman–Crippen MR) is 80.8 cm³/mol. The van der Waals surface area contributed by atoms with Gasteiger partial charge in [0.15, 0.2) is 0 Å². The minimum Gasteiger partial charge on any atom is -0.200 e. The van der Waals surface area contributed by atoms with Gasteiger partial charge in [-0.2, -0.15) is 26.7 Å². The number of hydrazone groups is 1. The van der Waals surface area contributed by atoms with Crippen molar-refractivity contribution in [2.75, 3.05) is 0 Å². The second-order valence-electron chi connectivity index (χ2n) is 4.39. The Morgan fingerprint density at radius 2 is 1.65 bits per heavy atom. The van der Waals surface area contributed by atoms with E-state index >= 15 is 0 Å². The van der Waals surface area contributed by atoms with Gasteiger partial charge in [0.2, 0.25) is 0 Å². The highest BCUT2D eigenvalue weighted by molar-refractivity contribution is 7.89. The summed E-state index contributed by atoms with van der Waals surface area (Å²) in [5.74, 6) is 0. The van der Waals surface area contributed by atoms with Crippen LogP contribution in [0.3, 0.4) is 0 Å². The largest absolute Gasteiger partial charge is 0.417 e. The van der Waals surface area contributed by atoms with E-state index in [0.717, 1.165) is 12.3 Å². The van der Waals surface area contributed by atoms with Crippen molar-refractivity contribution in [3.8, 4) is 0 Å². The molecule has 0 aliphatic carbocycles. The zero-order chi connectivity index (χ0) is 17.1. The molecule has 0 saturated heterocycles. The molecule has 2 aromatic rings. The van der Waals surface area contributed by atoms with E-state index in [-0.39, 0.29) is 10.5 Å². The first-order valence-corrected chi connectivity index (χ1v) is 8.03. The Labute approximate surface area is 135 Å². The monoisotopic (exact) mass is 362 g/mol.